The largest absolute Gasteiger partial charge is 0.496 e. The molecule has 1 aromatic carbocycles. The lowest BCUT2D eigenvalue weighted by molar-refractivity contribution is 0.144. The molecule has 4 heteroatoms. The molecule has 0 amide bonds. The van der Waals surface area contributed by atoms with E-state index in [2.05, 4.69) is 42.5 Å². The molecule has 20 heavy (non-hydrogen) atoms. The SMILES string of the molecule is CCOCCCNCc1ccc(CN(C)C)cc1OC. The van der Waals surface area contributed by atoms with Crippen molar-refractivity contribution in [3.8, 4) is 5.75 Å². The Hall–Kier alpha value is -1.10. The molecule has 0 fully saturated rings. The molecule has 0 radical (unpaired) electrons. The van der Waals surface area contributed by atoms with E-state index in [-0.39, 0.29) is 0 Å². The lowest BCUT2D eigenvalue weighted by Gasteiger charge is -2.14. The van der Waals surface area contributed by atoms with E-state index >= 15 is 0 Å². The van der Waals surface area contributed by atoms with E-state index in [1.165, 1.54) is 11.1 Å². The normalized spacial score (nSPS) is 11.1. The Labute approximate surface area is 123 Å². The highest BCUT2D eigenvalue weighted by Crippen LogP contribution is 2.20. The van der Waals surface area contributed by atoms with Gasteiger partial charge in [0.2, 0.25) is 0 Å². The van der Waals surface area contributed by atoms with Crippen molar-refractivity contribution in [3.05, 3.63) is 29.3 Å². The Bertz CT molecular complexity index is 381. The van der Waals surface area contributed by atoms with Crippen molar-refractivity contribution in [2.75, 3.05) is 41.0 Å². The predicted octanol–water partition coefficient (Wildman–Crippen LogP) is 2.27. The fourth-order valence-electron chi connectivity index (χ4n) is 2.07. The van der Waals surface area contributed by atoms with Gasteiger partial charge in [0.05, 0.1) is 7.11 Å². The number of hydrogen-bond donors (Lipinski definition) is 1. The van der Waals surface area contributed by atoms with Crippen LogP contribution in [0.15, 0.2) is 18.2 Å². The second-order valence-electron chi connectivity index (χ2n) is 5.11. The van der Waals surface area contributed by atoms with Gasteiger partial charge >= 0.3 is 0 Å². The van der Waals surface area contributed by atoms with Crippen molar-refractivity contribution in [3.63, 3.8) is 0 Å². The van der Waals surface area contributed by atoms with Gasteiger partial charge in [0.25, 0.3) is 0 Å². The van der Waals surface area contributed by atoms with Crippen LogP contribution in [0.5, 0.6) is 5.75 Å². The van der Waals surface area contributed by atoms with Gasteiger partial charge in [0, 0.05) is 31.9 Å². The van der Waals surface area contributed by atoms with Gasteiger partial charge in [-0.05, 0) is 45.6 Å². The molecular formula is C16H28N2O2. The van der Waals surface area contributed by atoms with E-state index in [1.807, 2.05) is 6.92 Å². The first-order valence-electron chi connectivity index (χ1n) is 7.26. The molecule has 0 heterocycles. The third-order valence-corrected chi connectivity index (χ3v) is 3.01. The highest BCUT2D eigenvalue weighted by molar-refractivity contribution is 5.37. The second-order valence-corrected chi connectivity index (χ2v) is 5.11. The van der Waals surface area contributed by atoms with Gasteiger partial charge in [0.15, 0.2) is 0 Å². The topological polar surface area (TPSA) is 33.7 Å². The molecule has 0 atom stereocenters. The van der Waals surface area contributed by atoms with Crippen LogP contribution >= 0.6 is 0 Å². The van der Waals surface area contributed by atoms with E-state index in [0.29, 0.717) is 0 Å². The fourth-order valence-corrected chi connectivity index (χ4v) is 2.07. The molecule has 0 saturated carbocycles. The van der Waals surface area contributed by atoms with Gasteiger partial charge < -0.3 is 19.7 Å². The van der Waals surface area contributed by atoms with Crippen LogP contribution in [0.4, 0.5) is 0 Å². The van der Waals surface area contributed by atoms with Gasteiger partial charge in [-0.3, -0.25) is 0 Å². The molecule has 0 unspecified atom stereocenters. The average molecular weight is 280 g/mol. The molecule has 0 aromatic heterocycles. The summed E-state index contributed by atoms with van der Waals surface area (Å²) in [5.74, 6) is 0.960. The zero-order valence-corrected chi connectivity index (χ0v) is 13.2. The van der Waals surface area contributed by atoms with E-state index in [0.717, 1.165) is 45.0 Å². The van der Waals surface area contributed by atoms with E-state index < -0.39 is 0 Å². The molecule has 0 saturated heterocycles. The van der Waals surface area contributed by atoms with Gasteiger partial charge in [0.1, 0.15) is 5.75 Å². The molecule has 0 bridgehead atoms. The summed E-state index contributed by atoms with van der Waals surface area (Å²) in [5, 5.41) is 3.43. The van der Waals surface area contributed by atoms with Crippen molar-refractivity contribution < 1.29 is 9.47 Å². The van der Waals surface area contributed by atoms with Crippen LogP contribution in [-0.2, 0) is 17.8 Å². The van der Waals surface area contributed by atoms with Gasteiger partial charge in [-0.2, -0.15) is 0 Å². The number of nitrogens with zero attached hydrogens (tertiary/aromatic N) is 1. The maximum Gasteiger partial charge on any atom is 0.123 e. The number of ether oxygens (including phenoxy) is 2. The molecular weight excluding hydrogens is 252 g/mol. The molecule has 0 aliphatic rings. The summed E-state index contributed by atoms with van der Waals surface area (Å²) in [6.07, 6.45) is 1.04. The van der Waals surface area contributed by atoms with Crippen molar-refractivity contribution >= 4 is 0 Å². The van der Waals surface area contributed by atoms with Gasteiger partial charge in [-0.15, -0.1) is 0 Å². The Balaban J connectivity index is 2.44. The average Bonchev–Trinajstić information content (AvgIpc) is 2.43. The number of methoxy groups -OCH3 is 1. The summed E-state index contributed by atoms with van der Waals surface area (Å²) in [6.45, 7) is 6.36. The molecule has 114 valence electrons. The summed E-state index contributed by atoms with van der Waals surface area (Å²) in [4.78, 5) is 2.15. The predicted molar refractivity (Wildman–Crippen MR) is 83.2 cm³/mol. The van der Waals surface area contributed by atoms with Crippen LogP contribution in [0.1, 0.15) is 24.5 Å². The maximum atomic E-state index is 5.48. The molecule has 0 spiro atoms. The van der Waals surface area contributed by atoms with Crippen LogP contribution in [-0.4, -0.2) is 45.9 Å². The monoisotopic (exact) mass is 280 g/mol. The van der Waals surface area contributed by atoms with Crippen LogP contribution in [0.2, 0.25) is 0 Å². The minimum atomic E-state index is 0.793. The summed E-state index contributed by atoms with van der Waals surface area (Å²) in [5.41, 5.74) is 2.47. The highest BCUT2D eigenvalue weighted by Gasteiger charge is 2.05. The first-order valence-corrected chi connectivity index (χ1v) is 7.26. The Morgan fingerprint density at radius 1 is 1.25 bits per heavy atom. The van der Waals surface area contributed by atoms with Crippen LogP contribution < -0.4 is 10.1 Å². The first-order chi connectivity index (χ1) is 9.67. The highest BCUT2D eigenvalue weighted by atomic mass is 16.5. The Morgan fingerprint density at radius 3 is 2.70 bits per heavy atom. The Morgan fingerprint density at radius 2 is 2.05 bits per heavy atom. The minimum Gasteiger partial charge on any atom is -0.496 e. The molecule has 1 rings (SSSR count). The number of hydrogen-bond acceptors (Lipinski definition) is 4. The molecule has 1 aromatic rings. The number of nitrogens with one attached hydrogen (secondary N) is 1. The summed E-state index contributed by atoms with van der Waals surface area (Å²) < 4.78 is 10.8. The standard InChI is InChI=1S/C16H28N2O2/c1-5-20-10-6-9-17-12-15-8-7-14(13-18(2)3)11-16(15)19-4/h7-8,11,17H,5-6,9-10,12-13H2,1-4H3. The van der Waals surface area contributed by atoms with E-state index in [4.69, 9.17) is 9.47 Å². The fraction of sp³-hybridized carbons (Fsp3) is 0.625. The molecule has 1 N–H and O–H groups in total. The molecule has 0 aliphatic heterocycles. The summed E-state index contributed by atoms with van der Waals surface area (Å²) >= 11 is 0. The van der Waals surface area contributed by atoms with Crippen molar-refractivity contribution in [2.45, 2.75) is 26.4 Å². The third kappa shape index (κ3) is 6.37. The lowest BCUT2D eigenvalue weighted by Crippen LogP contribution is -2.17. The van der Waals surface area contributed by atoms with E-state index in [9.17, 15) is 0 Å². The maximum absolute atomic E-state index is 5.48. The quantitative estimate of drug-likeness (QED) is 0.667. The van der Waals surface area contributed by atoms with Gasteiger partial charge in [-0.1, -0.05) is 12.1 Å². The van der Waals surface area contributed by atoms with Crippen LogP contribution in [0.3, 0.4) is 0 Å². The summed E-state index contributed by atoms with van der Waals surface area (Å²) in [7, 11) is 5.87. The number of benzene rings is 1. The smallest absolute Gasteiger partial charge is 0.123 e. The van der Waals surface area contributed by atoms with Crippen molar-refractivity contribution in [1.82, 2.24) is 10.2 Å². The van der Waals surface area contributed by atoms with Gasteiger partial charge in [-0.25, -0.2) is 0 Å². The number of rotatable bonds is 10. The zero-order valence-electron chi connectivity index (χ0n) is 13.2. The Kier molecular flexibility index (Phi) is 8.26. The zero-order chi connectivity index (χ0) is 14.8. The molecule has 0 aliphatic carbocycles. The van der Waals surface area contributed by atoms with E-state index in [1.54, 1.807) is 7.11 Å². The first kappa shape index (κ1) is 17.0. The van der Waals surface area contributed by atoms with Crippen LogP contribution in [0.25, 0.3) is 0 Å². The lowest BCUT2D eigenvalue weighted by atomic mass is 10.1. The van der Waals surface area contributed by atoms with Crippen molar-refractivity contribution in [1.29, 1.82) is 0 Å². The summed E-state index contributed by atoms with van der Waals surface area (Å²) in [6, 6.07) is 6.43. The third-order valence-electron chi connectivity index (χ3n) is 3.01. The van der Waals surface area contributed by atoms with Crippen molar-refractivity contribution in [2.24, 2.45) is 0 Å². The minimum absolute atomic E-state index is 0.793. The second kappa shape index (κ2) is 9.75. The van der Waals surface area contributed by atoms with Crippen LogP contribution in [0, 0.1) is 0 Å². The molecule has 4 nitrogen and oxygen atoms in total.